The van der Waals surface area contributed by atoms with Gasteiger partial charge in [-0.1, -0.05) is 18.2 Å². The van der Waals surface area contributed by atoms with E-state index in [0.29, 0.717) is 0 Å². The van der Waals surface area contributed by atoms with Crippen molar-refractivity contribution < 1.29 is 4.74 Å². The Kier molecular flexibility index (Phi) is 1.44. The minimum Gasteiger partial charge on any atom is -0.445 e. The molecule has 0 N–H and O–H groups in total. The maximum atomic E-state index is 5.25. The molecule has 0 radical (unpaired) electrons. The van der Waals surface area contributed by atoms with Gasteiger partial charge in [-0.05, 0) is 6.07 Å². The van der Waals surface area contributed by atoms with Gasteiger partial charge in [0.2, 0.25) is 5.88 Å². The van der Waals surface area contributed by atoms with Crippen LogP contribution in [-0.4, -0.2) is 4.90 Å². The highest BCUT2D eigenvalue weighted by Crippen LogP contribution is 2.15. The third-order valence-electron chi connectivity index (χ3n) is 2.19. The highest BCUT2D eigenvalue weighted by molar-refractivity contribution is 5.32. The van der Waals surface area contributed by atoms with Gasteiger partial charge in [0.05, 0.1) is 11.6 Å². The summed E-state index contributed by atoms with van der Waals surface area (Å²) in [5.41, 5.74) is 0. The zero-order valence-electron chi connectivity index (χ0n) is 7.42. The van der Waals surface area contributed by atoms with Gasteiger partial charge in [-0.15, -0.1) is 0 Å². The normalized spacial score (nSPS) is 16.9. The number of nitrogens with zero attached hydrogens (tertiary/aromatic N) is 2. The summed E-state index contributed by atoms with van der Waals surface area (Å²) in [5.74, 6) is 0.737. The van der Waals surface area contributed by atoms with Crippen molar-refractivity contribution in [2.24, 2.45) is 4.99 Å². The quantitative estimate of drug-likeness (QED) is 0.591. The molecule has 14 heavy (non-hydrogen) atoms. The van der Waals surface area contributed by atoms with Crippen LogP contribution >= 0.6 is 0 Å². The van der Waals surface area contributed by atoms with Crippen LogP contribution in [0.1, 0.15) is 0 Å². The lowest BCUT2D eigenvalue weighted by Crippen LogP contribution is -2.25. The van der Waals surface area contributed by atoms with Crippen LogP contribution in [0.25, 0.3) is 6.20 Å². The Morgan fingerprint density at radius 2 is 2.14 bits per heavy atom. The molecule has 0 fully saturated rings. The Bertz CT molecular complexity index is 543. The van der Waals surface area contributed by atoms with Gasteiger partial charge in [-0.2, -0.15) is 0 Å². The zero-order chi connectivity index (χ0) is 9.38. The second-order valence-corrected chi connectivity index (χ2v) is 3.09. The van der Waals surface area contributed by atoms with Gasteiger partial charge in [0.1, 0.15) is 6.26 Å². The van der Waals surface area contributed by atoms with Gasteiger partial charge in [0.15, 0.2) is 0 Å². The molecule has 3 heteroatoms. The molecule has 0 bridgehead atoms. The van der Waals surface area contributed by atoms with Gasteiger partial charge in [0.25, 0.3) is 0 Å². The second kappa shape index (κ2) is 2.73. The van der Waals surface area contributed by atoms with Crippen LogP contribution in [0.4, 0.5) is 0 Å². The molecule has 2 heterocycles. The van der Waals surface area contributed by atoms with Gasteiger partial charge < -0.3 is 4.74 Å². The van der Waals surface area contributed by atoms with E-state index >= 15 is 0 Å². The molecular formula is C11H8N2O. The van der Waals surface area contributed by atoms with Crippen LogP contribution in [0.5, 0.6) is 0 Å². The lowest BCUT2D eigenvalue weighted by molar-refractivity contribution is 0.314. The third kappa shape index (κ3) is 1.03. The molecule has 3 nitrogen and oxygen atoms in total. The molecule has 2 aliphatic rings. The molecule has 1 aromatic carbocycles. The van der Waals surface area contributed by atoms with Crippen molar-refractivity contribution in [3.63, 3.8) is 0 Å². The van der Waals surface area contributed by atoms with E-state index in [1.165, 1.54) is 0 Å². The maximum absolute atomic E-state index is 5.25. The molecule has 0 saturated heterocycles. The molecular weight excluding hydrogens is 176 g/mol. The van der Waals surface area contributed by atoms with E-state index < -0.39 is 0 Å². The van der Waals surface area contributed by atoms with Crippen molar-refractivity contribution in [3.8, 4) is 0 Å². The first-order chi connectivity index (χ1) is 6.93. The fraction of sp³-hybridized carbons (Fsp3) is 0. The number of para-hydroxylation sites is 1. The van der Waals surface area contributed by atoms with Crippen molar-refractivity contribution in [2.75, 3.05) is 0 Å². The van der Waals surface area contributed by atoms with Crippen molar-refractivity contribution in [1.82, 2.24) is 4.90 Å². The lowest BCUT2D eigenvalue weighted by atomic mass is 10.3. The molecule has 0 amide bonds. The van der Waals surface area contributed by atoms with Gasteiger partial charge in [-0.3, -0.25) is 9.89 Å². The number of fused-ring (bicyclic) bond motifs is 2. The summed E-state index contributed by atoms with van der Waals surface area (Å²) in [6.45, 7) is 0. The summed E-state index contributed by atoms with van der Waals surface area (Å²) in [6, 6.07) is 7.98. The Morgan fingerprint density at radius 3 is 3.14 bits per heavy atom. The SMILES string of the molecule is C1=CN2C=c3ccccc3=NC=C2O1. The van der Waals surface area contributed by atoms with Crippen LogP contribution in [0.3, 0.4) is 0 Å². The van der Waals surface area contributed by atoms with E-state index in [9.17, 15) is 0 Å². The first kappa shape index (κ1) is 7.38. The summed E-state index contributed by atoms with van der Waals surface area (Å²) < 4.78 is 5.25. The monoisotopic (exact) mass is 184 g/mol. The van der Waals surface area contributed by atoms with Crippen molar-refractivity contribution in [3.05, 3.63) is 59.4 Å². The minimum absolute atomic E-state index is 0.737. The second-order valence-electron chi connectivity index (χ2n) is 3.09. The Hall–Kier alpha value is -2.03. The van der Waals surface area contributed by atoms with Crippen LogP contribution in [0.15, 0.2) is 53.8 Å². The molecule has 0 saturated carbocycles. The molecule has 1 aromatic rings. The Balaban J connectivity index is 2.30. The molecule has 2 aliphatic heterocycles. The minimum atomic E-state index is 0.737. The van der Waals surface area contributed by atoms with Crippen LogP contribution in [-0.2, 0) is 4.74 Å². The van der Waals surface area contributed by atoms with E-state index in [1.54, 1.807) is 12.5 Å². The largest absolute Gasteiger partial charge is 0.445 e. The smallest absolute Gasteiger partial charge is 0.221 e. The van der Waals surface area contributed by atoms with Crippen LogP contribution in [0.2, 0.25) is 0 Å². The molecule has 3 rings (SSSR count). The highest BCUT2D eigenvalue weighted by atomic mass is 16.5. The van der Waals surface area contributed by atoms with E-state index in [4.69, 9.17) is 4.74 Å². The Morgan fingerprint density at radius 1 is 1.21 bits per heavy atom. The third-order valence-corrected chi connectivity index (χ3v) is 2.19. The summed E-state index contributed by atoms with van der Waals surface area (Å²) >= 11 is 0. The summed E-state index contributed by atoms with van der Waals surface area (Å²) in [7, 11) is 0. The molecule has 68 valence electrons. The molecule has 0 aliphatic carbocycles. The summed E-state index contributed by atoms with van der Waals surface area (Å²) in [5, 5.41) is 2.06. The van der Waals surface area contributed by atoms with Crippen molar-refractivity contribution in [2.45, 2.75) is 0 Å². The van der Waals surface area contributed by atoms with Gasteiger partial charge in [-0.25, -0.2) is 0 Å². The summed E-state index contributed by atoms with van der Waals surface area (Å²) in [4.78, 5) is 6.24. The molecule has 0 unspecified atom stereocenters. The number of hydrogen-bond acceptors (Lipinski definition) is 3. The lowest BCUT2D eigenvalue weighted by Gasteiger charge is -2.07. The predicted molar refractivity (Wildman–Crippen MR) is 51.8 cm³/mol. The maximum Gasteiger partial charge on any atom is 0.221 e. The average Bonchev–Trinajstić information content (AvgIpc) is 2.58. The first-order valence-electron chi connectivity index (χ1n) is 4.40. The fourth-order valence-corrected chi connectivity index (χ4v) is 1.49. The predicted octanol–water partition coefficient (Wildman–Crippen LogP) is 0.660. The first-order valence-corrected chi connectivity index (χ1v) is 4.40. The fourth-order valence-electron chi connectivity index (χ4n) is 1.49. The Labute approximate surface area is 80.9 Å². The highest BCUT2D eigenvalue weighted by Gasteiger charge is 2.11. The zero-order valence-corrected chi connectivity index (χ0v) is 7.42. The van der Waals surface area contributed by atoms with E-state index in [1.807, 2.05) is 41.6 Å². The summed E-state index contributed by atoms with van der Waals surface area (Å²) in [6.07, 6.45) is 7.23. The van der Waals surface area contributed by atoms with Crippen LogP contribution in [0, 0.1) is 0 Å². The van der Waals surface area contributed by atoms with E-state index in [2.05, 4.69) is 4.99 Å². The molecule has 0 atom stereocenters. The standard InChI is InChI=1S/C11H8N2O/c1-2-4-10-9(3-1)8-13-5-6-14-11(13)7-12-10/h1-8H. The van der Waals surface area contributed by atoms with Crippen molar-refractivity contribution in [1.29, 1.82) is 0 Å². The van der Waals surface area contributed by atoms with Crippen LogP contribution < -0.4 is 10.6 Å². The number of hydrogen-bond donors (Lipinski definition) is 0. The van der Waals surface area contributed by atoms with E-state index in [-0.39, 0.29) is 0 Å². The van der Waals surface area contributed by atoms with Gasteiger partial charge >= 0.3 is 0 Å². The average molecular weight is 184 g/mol. The topological polar surface area (TPSA) is 24.8 Å². The molecule has 0 spiro atoms. The number of ether oxygens (including phenoxy) is 1. The number of benzene rings is 1. The van der Waals surface area contributed by atoms with Gasteiger partial charge in [0, 0.05) is 17.6 Å². The van der Waals surface area contributed by atoms with Crippen molar-refractivity contribution >= 4 is 6.20 Å². The number of rotatable bonds is 0. The van der Waals surface area contributed by atoms with E-state index in [0.717, 1.165) is 16.5 Å². The molecule has 0 aromatic heterocycles.